The van der Waals surface area contributed by atoms with Crippen LogP contribution in [0.1, 0.15) is 19.8 Å². The standard InChI is InChI=1S/C8H15NO2.ClH/c1-3-7-6(8(10)11)4-5-9(7)2;/h6-7H,3-5H2,1-2H3,(H,10,11);1H. The molecule has 4 heteroatoms. The van der Waals surface area contributed by atoms with Crippen LogP contribution in [0.15, 0.2) is 0 Å². The highest BCUT2D eigenvalue weighted by Gasteiger charge is 2.35. The Morgan fingerprint density at radius 1 is 1.67 bits per heavy atom. The van der Waals surface area contributed by atoms with Crippen molar-refractivity contribution < 1.29 is 9.90 Å². The maximum Gasteiger partial charge on any atom is 0.308 e. The Bertz CT molecular complexity index is 163. The molecule has 1 aliphatic rings. The molecular weight excluding hydrogens is 178 g/mol. The molecule has 1 aliphatic heterocycles. The molecule has 3 nitrogen and oxygen atoms in total. The second kappa shape index (κ2) is 4.67. The Labute approximate surface area is 79.2 Å². The first-order valence-corrected chi connectivity index (χ1v) is 4.09. The smallest absolute Gasteiger partial charge is 0.308 e. The number of carboxylic acid groups (broad SMARTS) is 1. The summed E-state index contributed by atoms with van der Waals surface area (Å²) in [6.45, 7) is 2.97. The van der Waals surface area contributed by atoms with Crippen molar-refractivity contribution in [3.05, 3.63) is 0 Å². The molecule has 0 saturated carbocycles. The van der Waals surface area contributed by atoms with Gasteiger partial charge in [0.25, 0.3) is 0 Å². The summed E-state index contributed by atoms with van der Waals surface area (Å²) in [7, 11) is 2.00. The lowest BCUT2D eigenvalue weighted by Crippen LogP contribution is -2.32. The van der Waals surface area contributed by atoms with E-state index < -0.39 is 5.97 Å². The van der Waals surface area contributed by atoms with Crippen LogP contribution in [0, 0.1) is 5.92 Å². The average Bonchev–Trinajstić information content (AvgIpc) is 2.30. The third kappa shape index (κ3) is 2.11. The molecule has 1 heterocycles. The van der Waals surface area contributed by atoms with Gasteiger partial charge in [-0.25, -0.2) is 0 Å². The maximum atomic E-state index is 10.7. The van der Waals surface area contributed by atoms with Crippen LogP contribution in [0.5, 0.6) is 0 Å². The zero-order chi connectivity index (χ0) is 8.43. The van der Waals surface area contributed by atoms with Crippen LogP contribution >= 0.6 is 12.4 Å². The number of carbonyl (C=O) groups is 1. The molecule has 0 aromatic heterocycles. The van der Waals surface area contributed by atoms with Gasteiger partial charge in [0.2, 0.25) is 0 Å². The number of aliphatic carboxylic acids is 1. The normalized spacial score (nSPS) is 29.8. The third-order valence-corrected chi connectivity index (χ3v) is 2.56. The predicted octanol–water partition coefficient (Wildman–Crippen LogP) is 1.22. The number of halogens is 1. The zero-order valence-corrected chi connectivity index (χ0v) is 8.30. The number of likely N-dealkylation sites (tertiary alicyclic amines) is 1. The van der Waals surface area contributed by atoms with Crippen molar-refractivity contribution in [2.45, 2.75) is 25.8 Å². The van der Waals surface area contributed by atoms with Crippen LogP contribution in [-0.4, -0.2) is 35.6 Å². The molecule has 0 aromatic rings. The quantitative estimate of drug-likeness (QED) is 0.717. The van der Waals surface area contributed by atoms with Crippen molar-refractivity contribution in [2.24, 2.45) is 5.92 Å². The first-order valence-electron chi connectivity index (χ1n) is 4.09. The first-order chi connectivity index (χ1) is 5.16. The average molecular weight is 194 g/mol. The number of nitrogens with zero attached hydrogens (tertiary/aromatic N) is 1. The van der Waals surface area contributed by atoms with Crippen molar-refractivity contribution in [1.82, 2.24) is 4.90 Å². The summed E-state index contributed by atoms with van der Waals surface area (Å²) in [5.41, 5.74) is 0. The number of hydrogen-bond acceptors (Lipinski definition) is 2. The number of rotatable bonds is 2. The van der Waals surface area contributed by atoms with Gasteiger partial charge in [-0.3, -0.25) is 4.79 Å². The molecule has 2 atom stereocenters. The molecule has 0 bridgehead atoms. The van der Waals surface area contributed by atoms with Crippen LogP contribution < -0.4 is 0 Å². The van der Waals surface area contributed by atoms with Gasteiger partial charge in [0.1, 0.15) is 0 Å². The number of hydrogen-bond donors (Lipinski definition) is 1. The first kappa shape index (κ1) is 11.7. The lowest BCUT2D eigenvalue weighted by atomic mass is 9.99. The third-order valence-electron chi connectivity index (χ3n) is 2.56. The van der Waals surface area contributed by atoms with E-state index in [1.165, 1.54) is 0 Å². The molecule has 0 radical (unpaired) electrons. The van der Waals surface area contributed by atoms with Crippen molar-refractivity contribution in [1.29, 1.82) is 0 Å². The molecule has 72 valence electrons. The minimum absolute atomic E-state index is 0. The predicted molar refractivity (Wildman–Crippen MR) is 49.7 cm³/mol. The molecule has 0 aromatic carbocycles. The van der Waals surface area contributed by atoms with Crippen LogP contribution in [-0.2, 0) is 4.79 Å². The topological polar surface area (TPSA) is 40.5 Å². The molecular formula is C8H16ClNO2. The van der Waals surface area contributed by atoms with E-state index in [4.69, 9.17) is 5.11 Å². The Morgan fingerprint density at radius 3 is 2.58 bits per heavy atom. The fourth-order valence-corrected chi connectivity index (χ4v) is 1.89. The largest absolute Gasteiger partial charge is 0.481 e. The van der Waals surface area contributed by atoms with Crippen molar-refractivity contribution in [3.8, 4) is 0 Å². The highest BCUT2D eigenvalue weighted by atomic mass is 35.5. The van der Waals surface area contributed by atoms with E-state index in [9.17, 15) is 4.79 Å². The zero-order valence-electron chi connectivity index (χ0n) is 7.49. The van der Waals surface area contributed by atoms with E-state index in [1.807, 2.05) is 14.0 Å². The maximum absolute atomic E-state index is 10.7. The van der Waals surface area contributed by atoms with Gasteiger partial charge in [0.15, 0.2) is 0 Å². The molecule has 1 rings (SSSR count). The van der Waals surface area contributed by atoms with E-state index in [0.29, 0.717) is 0 Å². The number of carboxylic acids is 1. The van der Waals surface area contributed by atoms with Gasteiger partial charge in [0.05, 0.1) is 5.92 Å². The summed E-state index contributed by atoms with van der Waals surface area (Å²) in [5.74, 6) is -0.772. The van der Waals surface area contributed by atoms with E-state index in [2.05, 4.69) is 4.90 Å². The fraction of sp³-hybridized carbons (Fsp3) is 0.875. The summed E-state index contributed by atoms with van der Waals surface area (Å²) < 4.78 is 0. The van der Waals surface area contributed by atoms with Gasteiger partial charge in [-0.2, -0.15) is 0 Å². The highest BCUT2D eigenvalue weighted by Crippen LogP contribution is 2.24. The van der Waals surface area contributed by atoms with Crippen molar-refractivity contribution in [3.63, 3.8) is 0 Å². The van der Waals surface area contributed by atoms with Crippen LogP contribution in [0.3, 0.4) is 0 Å². The van der Waals surface area contributed by atoms with Gasteiger partial charge in [-0.15, -0.1) is 12.4 Å². The molecule has 0 aliphatic carbocycles. The molecule has 0 amide bonds. The summed E-state index contributed by atoms with van der Waals surface area (Å²) in [6.07, 6.45) is 1.75. The Hall–Kier alpha value is -0.280. The molecule has 12 heavy (non-hydrogen) atoms. The summed E-state index contributed by atoms with van der Waals surface area (Å²) >= 11 is 0. The lowest BCUT2D eigenvalue weighted by molar-refractivity contribution is -0.142. The van der Waals surface area contributed by atoms with Gasteiger partial charge in [0, 0.05) is 6.04 Å². The molecule has 1 saturated heterocycles. The second-order valence-electron chi connectivity index (χ2n) is 3.19. The van der Waals surface area contributed by atoms with Gasteiger partial charge >= 0.3 is 5.97 Å². The van der Waals surface area contributed by atoms with E-state index in [1.54, 1.807) is 0 Å². The van der Waals surface area contributed by atoms with Gasteiger partial charge in [-0.1, -0.05) is 6.92 Å². The second-order valence-corrected chi connectivity index (χ2v) is 3.19. The van der Waals surface area contributed by atoms with Crippen molar-refractivity contribution in [2.75, 3.05) is 13.6 Å². The Morgan fingerprint density at radius 2 is 2.25 bits per heavy atom. The van der Waals surface area contributed by atoms with E-state index in [-0.39, 0.29) is 24.4 Å². The summed E-state index contributed by atoms with van der Waals surface area (Å²) in [4.78, 5) is 12.8. The van der Waals surface area contributed by atoms with E-state index in [0.717, 1.165) is 19.4 Å². The molecule has 1 N–H and O–H groups in total. The van der Waals surface area contributed by atoms with Crippen LogP contribution in [0.4, 0.5) is 0 Å². The highest BCUT2D eigenvalue weighted by molar-refractivity contribution is 5.85. The van der Waals surface area contributed by atoms with Crippen molar-refractivity contribution >= 4 is 18.4 Å². The minimum atomic E-state index is -0.638. The molecule has 2 unspecified atom stereocenters. The summed E-state index contributed by atoms with van der Waals surface area (Å²) in [6, 6.07) is 0.257. The monoisotopic (exact) mass is 193 g/mol. The Balaban J connectivity index is 0.00000121. The van der Waals surface area contributed by atoms with Crippen LogP contribution in [0.2, 0.25) is 0 Å². The van der Waals surface area contributed by atoms with Gasteiger partial charge in [-0.05, 0) is 26.4 Å². The SMILES string of the molecule is CCC1C(C(=O)O)CCN1C.Cl. The van der Waals surface area contributed by atoms with Crippen LogP contribution in [0.25, 0.3) is 0 Å². The summed E-state index contributed by atoms with van der Waals surface area (Å²) in [5, 5.41) is 8.81. The molecule has 0 spiro atoms. The molecule has 1 fully saturated rings. The van der Waals surface area contributed by atoms with E-state index >= 15 is 0 Å². The Kier molecular flexibility index (Phi) is 4.57. The fourth-order valence-electron chi connectivity index (χ4n) is 1.89. The van der Waals surface area contributed by atoms with Gasteiger partial charge < -0.3 is 10.0 Å². The minimum Gasteiger partial charge on any atom is -0.481 e. The lowest BCUT2D eigenvalue weighted by Gasteiger charge is -2.20.